The third kappa shape index (κ3) is 7.56. The normalized spacial score (nSPS) is 14.7. The Morgan fingerprint density at radius 3 is 2.39 bits per heavy atom. The molecular formula is C27H31FN2O5S. The van der Waals surface area contributed by atoms with Gasteiger partial charge in [-0.1, -0.05) is 24.3 Å². The molecule has 7 nitrogen and oxygen atoms in total. The average molecular weight is 515 g/mol. The fourth-order valence-corrected chi connectivity index (χ4v) is 5.59. The predicted molar refractivity (Wildman–Crippen MR) is 135 cm³/mol. The zero-order valence-electron chi connectivity index (χ0n) is 20.4. The molecule has 1 fully saturated rings. The number of oxazole rings is 1. The molecule has 0 saturated carbocycles. The molecule has 9 heteroatoms. The Kier molecular flexibility index (Phi) is 8.66. The van der Waals surface area contributed by atoms with E-state index in [-0.39, 0.29) is 23.8 Å². The van der Waals surface area contributed by atoms with Crippen molar-refractivity contribution in [2.24, 2.45) is 0 Å². The second-order valence-electron chi connectivity index (χ2n) is 9.16. The number of nitrogens with zero attached hydrogens (tertiary/aromatic N) is 2. The Balaban J connectivity index is 1.30. The van der Waals surface area contributed by atoms with Crippen LogP contribution >= 0.6 is 0 Å². The van der Waals surface area contributed by atoms with E-state index >= 15 is 0 Å². The van der Waals surface area contributed by atoms with Gasteiger partial charge in [-0.25, -0.2) is 17.8 Å². The Morgan fingerprint density at radius 2 is 1.69 bits per heavy atom. The molecule has 0 atom stereocenters. The van der Waals surface area contributed by atoms with Gasteiger partial charge in [0.2, 0.25) is 5.89 Å². The highest BCUT2D eigenvalue weighted by Gasteiger charge is 2.22. The third-order valence-electron chi connectivity index (χ3n) is 6.18. The molecule has 0 aliphatic carbocycles. The average Bonchev–Trinajstić information content (AvgIpc) is 3.20. The van der Waals surface area contributed by atoms with E-state index in [1.165, 1.54) is 17.7 Å². The molecule has 0 spiro atoms. The highest BCUT2D eigenvalue weighted by atomic mass is 32.2. The number of carbonyl (C=O) groups is 1. The molecular weight excluding hydrogens is 483 g/mol. The predicted octanol–water partition coefficient (Wildman–Crippen LogP) is 4.13. The van der Waals surface area contributed by atoms with Crippen LogP contribution in [0.15, 0.2) is 52.9 Å². The van der Waals surface area contributed by atoms with E-state index in [0.29, 0.717) is 30.2 Å². The van der Waals surface area contributed by atoms with Crippen LogP contribution in [0, 0.1) is 12.7 Å². The van der Waals surface area contributed by atoms with E-state index in [1.54, 1.807) is 19.1 Å². The smallest absolute Gasteiger partial charge is 0.226 e. The van der Waals surface area contributed by atoms with Crippen LogP contribution in [-0.4, -0.2) is 56.1 Å². The van der Waals surface area contributed by atoms with Gasteiger partial charge in [0.25, 0.3) is 0 Å². The van der Waals surface area contributed by atoms with Crippen molar-refractivity contribution in [1.29, 1.82) is 0 Å². The first kappa shape index (κ1) is 26.2. The lowest BCUT2D eigenvalue weighted by Gasteiger charge is -2.26. The van der Waals surface area contributed by atoms with Gasteiger partial charge >= 0.3 is 0 Å². The minimum absolute atomic E-state index is 0.149. The molecule has 4 rings (SSSR count). The topological polar surface area (TPSA) is 89.7 Å². The van der Waals surface area contributed by atoms with Crippen molar-refractivity contribution >= 4 is 15.6 Å². The van der Waals surface area contributed by atoms with Crippen LogP contribution in [0.3, 0.4) is 0 Å². The number of benzene rings is 2. The van der Waals surface area contributed by atoms with Crippen molar-refractivity contribution in [3.8, 4) is 11.5 Å². The molecule has 1 aliphatic heterocycles. The quantitative estimate of drug-likeness (QED) is 0.380. The van der Waals surface area contributed by atoms with Gasteiger partial charge in [0.05, 0.1) is 24.7 Å². The summed E-state index contributed by atoms with van der Waals surface area (Å²) in [6.07, 6.45) is 1.24. The van der Waals surface area contributed by atoms with E-state index in [9.17, 15) is 17.6 Å². The van der Waals surface area contributed by atoms with Crippen LogP contribution in [0.5, 0.6) is 0 Å². The summed E-state index contributed by atoms with van der Waals surface area (Å²) in [5.74, 6) is -0.742. The number of sulfone groups is 1. The maximum atomic E-state index is 13.0. The number of ether oxygens (including phenoxy) is 1. The van der Waals surface area contributed by atoms with Gasteiger partial charge in [0.15, 0.2) is 9.84 Å². The lowest BCUT2D eigenvalue weighted by Crippen LogP contribution is -2.35. The molecule has 3 aromatic rings. The number of halogens is 1. The number of hydrogen-bond donors (Lipinski definition) is 0. The van der Waals surface area contributed by atoms with Crippen LogP contribution in [0.4, 0.5) is 4.39 Å². The number of ketones is 1. The molecule has 1 saturated heterocycles. The Bertz CT molecular complexity index is 1260. The molecule has 2 aromatic carbocycles. The van der Waals surface area contributed by atoms with Crippen molar-refractivity contribution < 1.29 is 26.8 Å². The van der Waals surface area contributed by atoms with Gasteiger partial charge < -0.3 is 9.15 Å². The summed E-state index contributed by atoms with van der Waals surface area (Å²) < 4.78 is 49.4. The Labute approximate surface area is 211 Å². The third-order valence-corrected chi connectivity index (χ3v) is 7.65. The summed E-state index contributed by atoms with van der Waals surface area (Å²) in [6, 6.07) is 14.0. The number of aromatic nitrogens is 1. The number of Topliss-reactive ketones (excluding diaryl/α,β-unsaturated/α-hetero) is 1. The first-order valence-corrected chi connectivity index (χ1v) is 13.9. The second kappa shape index (κ2) is 11.9. The number of hydrogen-bond acceptors (Lipinski definition) is 7. The maximum absolute atomic E-state index is 13.0. The van der Waals surface area contributed by atoms with Crippen molar-refractivity contribution in [1.82, 2.24) is 9.88 Å². The molecule has 1 aliphatic rings. The summed E-state index contributed by atoms with van der Waals surface area (Å²) in [5.41, 5.74) is 3.17. The van der Waals surface area contributed by atoms with Crippen molar-refractivity contribution in [3.63, 3.8) is 0 Å². The molecule has 0 bridgehead atoms. The second-order valence-corrected chi connectivity index (χ2v) is 11.2. The van der Waals surface area contributed by atoms with Crippen LogP contribution in [-0.2, 0) is 38.1 Å². The first-order valence-electron chi connectivity index (χ1n) is 12.1. The molecule has 0 amide bonds. The summed E-state index contributed by atoms with van der Waals surface area (Å²) in [6.45, 7) is 5.85. The lowest BCUT2D eigenvalue weighted by molar-refractivity contribution is -0.116. The highest BCUT2D eigenvalue weighted by Crippen LogP contribution is 2.24. The van der Waals surface area contributed by atoms with E-state index in [0.717, 1.165) is 44.0 Å². The van der Waals surface area contributed by atoms with Gasteiger partial charge in [-0.2, -0.15) is 0 Å². The molecule has 2 heterocycles. The van der Waals surface area contributed by atoms with E-state index in [2.05, 4.69) is 9.88 Å². The monoisotopic (exact) mass is 514 g/mol. The Hall–Kier alpha value is -2.88. The van der Waals surface area contributed by atoms with E-state index in [4.69, 9.17) is 9.15 Å². The molecule has 0 N–H and O–H groups in total. The highest BCUT2D eigenvalue weighted by molar-refractivity contribution is 7.91. The van der Waals surface area contributed by atoms with Crippen LogP contribution in [0.25, 0.3) is 11.5 Å². The molecule has 0 unspecified atom stereocenters. The van der Waals surface area contributed by atoms with E-state index < -0.39 is 15.6 Å². The largest absolute Gasteiger partial charge is 0.441 e. The van der Waals surface area contributed by atoms with Crippen molar-refractivity contribution in [2.45, 2.75) is 38.5 Å². The fraction of sp³-hybridized carbons (Fsp3) is 0.407. The summed E-state index contributed by atoms with van der Waals surface area (Å²) in [7, 11) is -3.69. The molecule has 1 aromatic heterocycles. The SMILES string of the molecule is Cc1oc(-c2ccc(CN3CCOCC3)cc2)nc1CS(=O)(=O)CC(=O)CCCc1ccc(F)cc1. The number of rotatable bonds is 11. The first-order chi connectivity index (χ1) is 17.3. The zero-order valence-corrected chi connectivity index (χ0v) is 21.2. The molecule has 192 valence electrons. The van der Waals surface area contributed by atoms with Crippen LogP contribution in [0.1, 0.15) is 35.4 Å². The van der Waals surface area contributed by atoms with Gasteiger partial charge in [-0.3, -0.25) is 9.69 Å². The van der Waals surface area contributed by atoms with Crippen molar-refractivity contribution in [3.05, 3.63) is 76.9 Å². The maximum Gasteiger partial charge on any atom is 0.226 e. The van der Waals surface area contributed by atoms with Gasteiger partial charge in [-0.05, 0) is 55.2 Å². The summed E-state index contributed by atoms with van der Waals surface area (Å²) in [5, 5.41) is 0. The zero-order chi connectivity index (χ0) is 25.5. The van der Waals surface area contributed by atoms with Gasteiger partial charge in [0.1, 0.15) is 23.1 Å². The molecule has 36 heavy (non-hydrogen) atoms. The van der Waals surface area contributed by atoms with Gasteiger partial charge in [-0.15, -0.1) is 0 Å². The molecule has 0 radical (unpaired) electrons. The minimum Gasteiger partial charge on any atom is -0.441 e. The van der Waals surface area contributed by atoms with E-state index in [1.807, 2.05) is 24.3 Å². The number of aryl methyl sites for hydroxylation is 2. The minimum atomic E-state index is -3.69. The van der Waals surface area contributed by atoms with Crippen molar-refractivity contribution in [2.75, 3.05) is 32.1 Å². The lowest BCUT2D eigenvalue weighted by atomic mass is 10.1. The standard InChI is InChI=1S/C27H31FN2O5S/c1-20-26(19-36(32,33)18-25(31)4-2-3-21-7-11-24(28)12-8-21)29-27(35-20)23-9-5-22(6-10-23)17-30-13-15-34-16-14-30/h5-12H,2-4,13-19H2,1H3. The van der Waals surface area contributed by atoms with Crippen LogP contribution in [0.2, 0.25) is 0 Å². The van der Waals surface area contributed by atoms with Crippen LogP contribution < -0.4 is 0 Å². The number of carbonyl (C=O) groups excluding carboxylic acids is 1. The number of morpholine rings is 1. The summed E-state index contributed by atoms with van der Waals surface area (Å²) in [4.78, 5) is 19.0. The Morgan fingerprint density at radius 1 is 1.03 bits per heavy atom. The van der Waals surface area contributed by atoms with Gasteiger partial charge in [0, 0.05) is 31.6 Å². The fourth-order valence-electron chi connectivity index (χ4n) is 4.17. The summed E-state index contributed by atoms with van der Waals surface area (Å²) >= 11 is 0.